The van der Waals surface area contributed by atoms with Crippen LogP contribution in [0.25, 0.3) is 0 Å². The molecule has 3 unspecified atom stereocenters. The predicted octanol–water partition coefficient (Wildman–Crippen LogP) is 3.20. The first-order valence-corrected chi connectivity index (χ1v) is 8.48. The fraction of sp³-hybridized carbons (Fsp3) is 0.375. The zero-order chi connectivity index (χ0) is 16.4. The molecule has 0 radical (unpaired) electrons. The fourth-order valence-corrected chi connectivity index (χ4v) is 3.59. The Kier molecular flexibility index (Phi) is 5.60. The maximum absolute atomic E-state index is 11.4. The number of allylic oxidation sites excluding steroid dienone is 2. The molecular formula is C16H20ClN2OPS. The molecule has 22 heavy (non-hydrogen) atoms. The van der Waals surface area contributed by atoms with Crippen molar-refractivity contribution in [1.82, 2.24) is 0 Å². The van der Waals surface area contributed by atoms with Gasteiger partial charge >= 0.3 is 0 Å². The number of halogens is 1. The number of carbonyl (C=O) groups is 1. The van der Waals surface area contributed by atoms with E-state index in [0.29, 0.717) is 5.02 Å². The summed E-state index contributed by atoms with van der Waals surface area (Å²) in [5, 5.41) is 4.94. The Labute approximate surface area is 143 Å². The molecule has 3 nitrogen and oxygen atoms in total. The lowest BCUT2D eigenvalue weighted by Crippen LogP contribution is -2.42. The summed E-state index contributed by atoms with van der Waals surface area (Å²) in [4.78, 5) is 12.3. The highest BCUT2D eigenvalue weighted by Crippen LogP contribution is 2.34. The van der Waals surface area contributed by atoms with Crippen LogP contribution in [0.4, 0.5) is 5.69 Å². The summed E-state index contributed by atoms with van der Waals surface area (Å²) in [6, 6.07) is 3.69. The number of amides is 1. The fourth-order valence-electron chi connectivity index (χ4n) is 2.67. The van der Waals surface area contributed by atoms with Crippen molar-refractivity contribution in [3.8, 4) is 0 Å². The van der Waals surface area contributed by atoms with Crippen LogP contribution < -0.4 is 16.4 Å². The van der Waals surface area contributed by atoms with Crippen molar-refractivity contribution < 1.29 is 4.79 Å². The first-order valence-electron chi connectivity index (χ1n) is 7.11. The van der Waals surface area contributed by atoms with Crippen LogP contribution in [0.2, 0.25) is 5.02 Å². The average molecular weight is 355 g/mol. The van der Waals surface area contributed by atoms with Crippen LogP contribution in [0, 0.1) is 5.92 Å². The van der Waals surface area contributed by atoms with E-state index in [1.54, 1.807) is 0 Å². The first kappa shape index (κ1) is 17.4. The topological polar surface area (TPSA) is 55.1 Å². The van der Waals surface area contributed by atoms with Gasteiger partial charge in [-0.2, -0.15) is 0 Å². The molecule has 0 saturated carbocycles. The van der Waals surface area contributed by atoms with Gasteiger partial charge in [0.25, 0.3) is 0 Å². The second-order valence-corrected chi connectivity index (χ2v) is 7.22. The summed E-state index contributed by atoms with van der Waals surface area (Å²) in [5.41, 5.74) is 8.51. The zero-order valence-corrected chi connectivity index (χ0v) is 15.4. The highest BCUT2D eigenvalue weighted by Gasteiger charge is 2.33. The van der Waals surface area contributed by atoms with Gasteiger partial charge in [0.2, 0.25) is 5.91 Å². The molecule has 0 saturated heterocycles. The minimum atomic E-state index is -0.335. The van der Waals surface area contributed by atoms with Crippen molar-refractivity contribution in [1.29, 1.82) is 0 Å². The van der Waals surface area contributed by atoms with E-state index in [0.717, 1.165) is 27.8 Å². The van der Waals surface area contributed by atoms with E-state index < -0.39 is 0 Å². The summed E-state index contributed by atoms with van der Waals surface area (Å²) in [7, 11) is 2.63. The normalized spacial score (nSPS) is 20.1. The summed E-state index contributed by atoms with van der Waals surface area (Å²) >= 11 is 11.9. The van der Waals surface area contributed by atoms with Gasteiger partial charge in [-0.3, -0.25) is 4.79 Å². The average Bonchev–Trinajstić information content (AvgIpc) is 2.42. The highest BCUT2D eigenvalue weighted by atomic mass is 35.5. The second kappa shape index (κ2) is 7.08. The molecule has 118 valence electrons. The Morgan fingerprint density at radius 1 is 1.50 bits per heavy atom. The smallest absolute Gasteiger partial charge is 0.219 e. The molecule has 3 atom stereocenters. The SMILES string of the molecule is CC(C)=CCC1C(=S)c2ccc(Cl)c(P)c2NC1CC(N)=O. The third-order valence-corrected chi connectivity index (χ3v) is 5.45. The molecule has 1 aliphatic heterocycles. The van der Waals surface area contributed by atoms with Crippen molar-refractivity contribution in [3.05, 3.63) is 34.4 Å². The summed E-state index contributed by atoms with van der Waals surface area (Å²) < 4.78 is 0. The molecule has 0 spiro atoms. The lowest BCUT2D eigenvalue weighted by molar-refractivity contribution is -0.118. The van der Waals surface area contributed by atoms with Gasteiger partial charge < -0.3 is 11.1 Å². The van der Waals surface area contributed by atoms with Crippen molar-refractivity contribution >= 4 is 54.8 Å². The van der Waals surface area contributed by atoms with Gasteiger partial charge in [0.15, 0.2) is 0 Å². The molecule has 6 heteroatoms. The number of hydrogen-bond donors (Lipinski definition) is 2. The van der Waals surface area contributed by atoms with Crippen LogP contribution >= 0.6 is 33.1 Å². The van der Waals surface area contributed by atoms with Crippen LogP contribution in [0.5, 0.6) is 0 Å². The number of benzene rings is 1. The van der Waals surface area contributed by atoms with Crippen LogP contribution in [0.15, 0.2) is 23.8 Å². The number of anilines is 1. The number of thiocarbonyl (C=S) groups is 1. The van der Waals surface area contributed by atoms with Crippen LogP contribution in [0.1, 0.15) is 32.3 Å². The van der Waals surface area contributed by atoms with E-state index in [1.807, 2.05) is 12.1 Å². The number of nitrogens with one attached hydrogen (secondary N) is 1. The number of rotatable bonds is 4. The van der Waals surface area contributed by atoms with Crippen molar-refractivity contribution in [2.75, 3.05) is 5.32 Å². The van der Waals surface area contributed by atoms with Gasteiger partial charge in [0, 0.05) is 39.1 Å². The highest BCUT2D eigenvalue weighted by molar-refractivity contribution is 7.81. The maximum atomic E-state index is 11.4. The molecule has 0 bridgehead atoms. The number of primary amides is 1. The van der Waals surface area contributed by atoms with E-state index in [4.69, 9.17) is 29.6 Å². The summed E-state index contributed by atoms with van der Waals surface area (Å²) in [6.45, 7) is 4.10. The Morgan fingerprint density at radius 3 is 2.77 bits per heavy atom. The Bertz CT molecular complexity index is 656. The molecule has 1 amide bonds. The Balaban J connectivity index is 2.43. The number of hydrogen-bond acceptors (Lipinski definition) is 3. The van der Waals surface area contributed by atoms with E-state index >= 15 is 0 Å². The lowest BCUT2D eigenvalue weighted by atomic mass is 9.82. The second-order valence-electron chi connectivity index (χ2n) is 5.79. The van der Waals surface area contributed by atoms with Crippen LogP contribution in [-0.4, -0.2) is 16.8 Å². The molecular weight excluding hydrogens is 335 g/mol. The zero-order valence-electron chi connectivity index (χ0n) is 12.7. The van der Waals surface area contributed by atoms with Crippen molar-refractivity contribution in [2.24, 2.45) is 11.7 Å². The van der Waals surface area contributed by atoms with Gasteiger partial charge in [-0.1, -0.05) is 41.5 Å². The molecule has 1 heterocycles. The third-order valence-electron chi connectivity index (χ3n) is 3.81. The van der Waals surface area contributed by atoms with Crippen molar-refractivity contribution in [3.63, 3.8) is 0 Å². The van der Waals surface area contributed by atoms with Crippen LogP contribution in [0.3, 0.4) is 0 Å². The van der Waals surface area contributed by atoms with E-state index in [9.17, 15) is 4.79 Å². The van der Waals surface area contributed by atoms with Gasteiger partial charge in [0.1, 0.15) is 0 Å². The minimum absolute atomic E-state index is 0.0653. The monoisotopic (exact) mass is 354 g/mol. The number of carbonyl (C=O) groups excluding carboxylic acids is 1. The van der Waals surface area contributed by atoms with E-state index in [-0.39, 0.29) is 24.3 Å². The minimum Gasteiger partial charge on any atom is -0.380 e. The lowest BCUT2D eigenvalue weighted by Gasteiger charge is -2.35. The molecule has 0 aliphatic carbocycles. The van der Waals surface area contributed by atoms with E-state index in [2.05, 4.69) is 34.5 Å². The van der Waals surface area contributed by atoms with Gasteiger partial charge in [-0.25, -0.2) is 0 Å². The summed E-state index contributed by atoms with van der Waals surface area (Å²) in [6.07, 6.45) is 3.19. The van der Waals surface area contributed by atoms with Crippen LogP contribution in [-0.2, 0) is 4.79 Å². The molecule has 0 fully saturated rings. The summed E-state index contributed by atoms with van der Waals surface area (Å²) in [5.74, 6) is -0.270. The molecule has 3 N–H and O–H groups in total. The third kappa shape index (κ3) is 3.68. The quantitative estimate of drug-likeness (QED) is 0.496. The first-order chi connectivity index (χ1) is 10.3. The molecule has 1 aromatic carbocycles. The Hall–Kier alpha value is -0.960. The number of fused-ring (bicyclic) bond motifs is 1. The molecule has 2 rings (SSSR count). The standard InChI is InChI=1S/C16H20ClN2OPS/c1-8(2)3-4-9-12(7-13(18)20)19-14-10(16(9)22)5-6-11(17)15(14)21/h3,5-6,9,12,19H,4,7,21H2,1-2H3,(H2,18,20). The molecule has 1 aliphatic rings. The number of nitrogens with two attached hydrogens (primary N) is 1. The maximum Gasteiger partial charge on any atom is 0.219 e. The molecule has 1 aromatic rings. The van der Waals surface area contributed by atoms with E-state index in [1.165, 1.54) is 5.57 Å². The molecule has 0 aromatic heterocycles. The van der Waals surface area contributed by atoms with Gasteiger partial charge in [-0.15, -0.1) is 9.24 Å². The van der Waals surface area contributed by atoms with Gasteiger partial charge in [-0.05, 0) is 26.3 Å². The predicted molar refractivity (Wildman–Crippen MR) is 101 cm³/mol. The van der Waals surface area contributed by atoms with Crippen molar-refractivity contribution in [2.45, 2.75) is 32.7 Å². The van der Waals surface area contributed by atoms with Gasteiger partial charge in [0.05, 0.1) is 5.69 Å². The Morgan fingerprint density at radius 2 is 2.18 bits per heavy atom. The largest absolute Gasteiger partial charge is 0.380 e.